The number of anilines is 2. The summed E-state index contributed by atoms with van der Waals surface area (Å²) in [5.41, 5.74) is 13.0. The zero-order valence-corrected chi connectivity index (χ0v) is 31.5. The van der Waals surface area contributed by atoms with Crippen LogP contribution in [0.3, 0.4) is 0 Å². The number of unbranched alkanes of at least 4 members (excludes halogenated alkanes) is 3. The molecule has 1 aromatic heterocycles. The van der Waals surface area contributed by atoms with Crippen LogP contribution >= 0.6 is 11.8 Å². The lowest BCUT2D eigenvalue weighted by Crippen LogP contribution is -2.31. The number of ether oxygens (including phenoxy) is 2. The molecule has 1 saturated heterocycles. The number of nitrogens with zero attached hydrogens (tertiary/aromatic N) is 2. The van der Waals surface area contributed by atoms with Gasteiger partial charge in [-0.15, -0.1) is 0 Å². The van der Waals surface area contributed by atoms with Gasteiger partial charge in [-0.2, -0.15) is 0 Å². The summed E-state index contributed by atoms with van der Waals surface area (Å²) in [6.45, 7) is 0.438. The molecule has 0 saturated carbocycles. The van der Waals surface area contributed by atoms with Crippen LogP contribution in [0.1, 0.15) is 79.6 Å². The molecule has 282 valence electrons. The number of aryl methyl sites for hydroxylation is 1. The van der Waals surface area contributed by atoms with E-state index in [9.17, 15) is 14.7 Å². The van der Waals surface area contributed by atoms with Gasteiger partial charge in [0.15, 0.2) is 11.4 Å². The molecular weight excluding hydrogens is 699 g/mol. The molecule has 1 aliphatic heterocycles. The Morgan fingerprint density at radius 3 is 2.33 bits per heavy atom. The Morgan fingerprint density at radius 2 is 1.59 bits per heavy atom. The summed E-state index contributed by atoms with van der Waals surface area (Å²) in [7, 11) is 1.99. The second-order valence-corrected chi connectivity index (χ2v) is 14.6. The van der Waals surface area contributed by atoms with Gasteiger partial charge in [0.05, 0.1) is 30.2 Å². The minimum absolute atomic E-state index is 0.00219. The van der Waals surface area contributed by atoms with Crippen molar-refractivity contribution in [1.82, 2.24) is 14.9 Å². The predicted molar refractivity (Wildman–Crippen MR) is 213 cm³/mol. The van der Waals surface area contributed by atoms with Crippen LogP contribution in [0, 0.1) is 0 Å². The Bertz CT molecular complexity index is 1980. The van der Waals surface area contributed by atoms with Crippen LogP contribution in [0.2, 0.25) is 0 Å². The molecular formula is C43H49N5O5S. The minimum Gasteiger partial charge on any atom is -0.397 e. The summed E-state index contributed by atoms with van der Waals surface area (Å²) < 4.78 is 15.2. The zero-order chi connectivity index (χ0) is 37.7. The lowest BCUT2D eigenvalue weighted by Gasteiger charge is -2.36. The van der Waals surface area contributed by atoms with Gasteiger partial charge in [-0.05, 0) is 64.9 Å². The molecule has 2 amide bonds. The number of carbonyl (C=O) groups is 2. The zero-order valence-electron chi connectivity index (χ0n) is 30.7. The number of imidazole rings is 1. The average Bonchev–Trinajstić information content (AvgIpc) is 3.62. The summed E-state index contributed by atoms with van der Waals surface area (Å²) in [5, 5.41) is 16.4. The average molecular weight is 748 g/mol. The van der Waals surface area contributed by atoms with Gasteiger partial charge in [-0.3, -0.25) is 9.59 Å². The number of nitrogen functional groups attached to an aromatic ring is 1. The number of hydrogen-bond donors (Lipinski definition) is 4. The number of amides is 2. The topological polar surface area (TPSA) is 141 Å². The first-order valence-electron chi connectivity index (χ1n) is 18.6. The first-order valence-corrected chi connectivity index (χ1v) is 19.5. The molecule has 54 heavy (non-hydrogen) atoms. The van der Waals surface area contributed by atoms with Gasteiger partial charge in [0.25, 0.3) is 0 Å². The first kappa shape index (κ1) is 38.8. The highest BCUT2D eigenvalue weighted by molar-refractivity contribution is 7.99. The summed E-state index contributed by atoms with van der Waals surface area (Å²) in [6.07, 6.45) is 7.79. The highest BCUT2D eigenvalue weighted by Gasteiger charge is 2.32. The summed E-state index contributed by atoms with van der Waals surface area (Å²) in [4.78, 5) is 29.4. The van der Waals surface area contributed by atoms with E-state index in [1.54, 1.807) is 30.1 Å². The number of hydrogen-bond acceptors (Lipinski definition) is 8. The third-order valence-corrected chi connectivity index (χ3v) is 10.7. The molecule has 5 aromatic rings. The molecule has 0 radical (unpaired) electrons. The van der Waals surface area contributed by atoms with Crippen molar-refractivity contribution < 1.29 is 24.2 Å². The van der Waals surface area contributed by atoms with E-state index in [-0.39, 0.29) is 30.6 Å². The molecule has 10 nitrogen and oxygen atoms in total. The largest absolute Gasteiger partial charge is 0.397 e. The molecule has 0 bridgehead atoms. The first-order chi connectivity index (χ1) is 26.3. The summed E-state index contributed by atoms with van der Waals surface area (Å²) >= 11 is 1.67. The van der Waals surface area contributed by atoms with Gasteiger partial charge in [-0.25, -0.2) is 4.98 Å². The quantitative estimate of drug-likeness (QED) is 0.0425. The van der Waals surface area contributed by atoms with Crippen LogP contribution in [0.25, 0.3) is 11.1 Å². The fraction of sp³-hybridized carbons (Fsp3) is 0.326. The van der Waals surface area contributed by atoms with Crippen LogP contribution in [0.15, 0.2) is 115 Å². The number of para-hydroxylation sites is 2. The molecule has 0 spiro atoms. The Kier molecular flexibility index (Phi) is 13.9. The molecule has 1 fully saturated rings. The highest BCUT2D eigenvalue weighted by atomic mass is 32.2. The Hall–Kier alpha value is -4.94. The molecule has 0 aliphatic carbocycles. The van der Waals surface area contributed by atoms with Gasteiger partial charge in [0.1, 0.15) is 0 Å². The van der Waals surface area contributed by atoms with Gasteiger partial charge in [0, 0.05) is 56.6 Å². The third kappa shape index (κ3) is 11.0. The van der Waals surface area contributed by atoms with E-state index in [1.165, 1.54) is 0 Å². The van der Waals surface area contributed by atoms with E-state index in [2.05, 4.69) is 39.9 Å². The SMILES string of the molecule is Cn1ccnc1SCC1CC(c2ccc(CO)cc2)OC(c2cccc(-c3cccc(CNC(=O)CCCCCCC(=O)Nc4ccccc4N)c3)c2)O1. The Labute approximate surface area is 321 Å². The molecule has 6 rings (SSSR count). The van der Waals surface area contributed by atoms with E-state index in [4.69, 9.17) is 15.2 Å². The van der Waals surface area contributed by atoms with Crippen molar-refractivity contribution in [3.63, 3.8) is 0 Å². The normalized spacial score (nSPS) is 16.9. The van der Waals surface area contributed by atoms with E-state index >= 15 is 0 Å². The van der Waals surface area contributed by atoms with E-state index < -0.39 is 6.29 Å². The van der Waals surface area contributed by atoms with Crippen LogP contribution in [-0.2, 0) is 39.3 Å². The fourth-order valence-corrected chi connectivity index (χ4v) is 7.39. The number of aromatic nitrogens is 2. The number of carbonyl (C=O) groups excluding carboxylic acids is 2. The van der Waals surface area contributed by atoms with Gasteiger partial charge < -0.3 is 35.5 Å². The molecule has 1 aliphatic rings. The van der Waals surface area contributed by atoms with Crippen molar-refractivity contribution in [2.45, 2.75) is 81.8 Å². The number of thioether (sulfide) groups is 1. The molecule has 5 N–H and O–H groups in total. The van der Waals surface area contributed by atoms with Crippen LogP contribution in [-0.4, -0.2) is 38.3 Å². The van der Waals surface area contributed by atoms with Gasteiger partial charge in [-0.1, -0.05) is 97.4 Å². The maximum Gasteiger partial charge on any atom is 0.224 e. The number of aliphatic hydroxyl groups is 1. The summed E-state index contributed by atoms with van der Waals surface area (Å²) in [6, 6.07) is 31.6. The molecule has 11 heteroatoms. The van der Waals surface area contributed by atoms with Crippen molar-refractivity contribution >= 4 is 35.0 Å². The molecule has 3 unspecified atom stereocenters. The summed E-state index contributed by atoms with van der Waals surface area (Å²) in [5.74, 6) is 0.696. The highest BCUT2D eigenvalue weighted by Crippen LogP contribution is 2.40. The number of benzene rings is 4. The number of rotatable bonds is 17. The van der Waals surface area contributed by atoms with E-state index in [1.807, 2.05) is 78.5 Å². The number of nitrogens with one attached hydrogen (secondary N) is 2. The lowest BCUT2D eigenvalue weighted by molar-refractivity contribution is -0.245. The standard InChI is InChI=1S/C43H49N5O5S/c1-48-23-22-45-43(48)54-29-36-26-39(32-20-18-30(28-49)19-21-32)53-42(52-36)35-13-9-12-34(25-35)33-11-8-10-31(24-33)27-46-40(50)16-4-2-3-5-17-41(51)47-38-15-7-6-14-37(38)44/h6-15,18-25,36,39,42,49H,2-5,16-17,26-29,44H2,1H3,(H,46,50)(H,47,51). The maximum atomic E-state index is 12.7. The fourth-order valence-electron chi connectivity index (χ4n) is 6.44. The van der Waals surface area contributed by atoms with Crippen molar-refractivity contribution in [3.8, 4) is 11.1 Å². The predicted octanol–water partition coefficient (Wildman–Crippen LogP) is 8.09. The molecule has 4 aromatic carbocycles. The second kappa shape index (κ2) is 19.4. The van der Waals surface area contributed by atoms with Crippen molar-refractivity contribution in [2.75, 3.05) is 16.8 Å². The Morgan fingerprint density at radius 1 is 0.852 bits per heavy atom. The number of nitrogens with two attached hydrogens (primary N) is 1. The smallest absolute Gasteiger partial charge is 0.224 e. The van der Waals surface area contributed by atoms with Crippen molar-refractivity contribution in [3.05, 3.63) is 132 Å². The van der Waals surface area contributed by atoms with Crippen molar-refractivity contribution in [1.29, 1.82) is 0 Å². The van der Waals surface area contributed by atoms with Gasteiger partial charge in [0.2, 0.25) is 11.8 Å². The van der Waals surface area contributed by atoms with Gasteiger partial charge >= 0.3 is 0 Å². The Balaban J connectivity index is 1.00. The van der Waals surface area contributed by atoms with E-state index in [0.717, 1.165) is 70.0 Å². The van der Waals surface area contributed by atoms with Crippen LogP contribution in [0.4, 0.5) is 11.4 Å². The van der Waals surface area contributed by atoms with Crippen LogP contribution in [0.5, 0.6) is 0 Å². The molecule has 2 heterocycles. The van der Waals surface area contributed by atoms with Crippen LogP contribution < -0.4 is 16.4 Å². The minimum atomic E-state index is -0.568. The maximum absolute atomic E-state index is 12.7. The molecule has 3 atom stereocenters. The third-order valence-electron chi connectivity index (χ3n) is 9.49. The van der Waals surface area contributed by atoms with E-state index in [0.29, 0.717) is 37.2 Å². The second-order valence-electron chi connectivity index (χ2n) is 13.6. The van der Waals surface area contributed by atoms with Crippen molar-refractivity contribution in [2.24, 2.45) is 7.05 Å². The lowest BCUT2D eigenvalue weighted by atomic mass is 9.99. The number of aliphatic hydroxyl groups excluding tert-OH is 1. The monoisotopic (exact) mass is 747 g/mol.